The summed E-state index contributed by atoms with van der Waals surface area (Å²) >= 11 is 9.42. The van der Waals surface area contributed by atoms with Crippen molar-refractivity contribution in [1.29, 1.82) is 0 Å². The molecule has 0 aliphatic heterocycles. The molecule has 2 rings (SSSR count). The zero-order chi connectivity index (χ0) is 14.5. The maximum Gasteiger partial charge on any atom is 0.319 e. The number of para-hydroxylation sites is 1. The summed E-state index contributed by atoms with van der Waals surface area (Å²) in [4.78, 5) is 11.8. The van der Waals surface area contributed by atoms with Crippen LogP contribution in [0.2, 0.25) is 5.02 Å². The van der Waals surface area contributed by atoms with Crippen molar-refractivity contribution in [2.75, 3.05) is 5.32 Å². The van der Waals surface area contributed by atoms with Gasteiger partial charge in [-0.15, -0.1) is 0 Å². The van der Waals surface area contributed by atoms with Crippen LogP contribution in [0.15, 0.2) is 46.9 Å². The predicted molar refractivity (Wildman–Crippen MR) is 86.2 cm³/mol. The molecule has 0 radical (unpaired) electrons. The van der Waals surface area contributed by atoms with Crippen LogP contribution in [0.4, 0.5) is 10.5 Å². The normalized spacial score (nSPS) is 10.2. The number of rotatable bonds is 3. The molecule has 2 aromatic rings. The summed E-state index contributed by atoms with van der Waals surface area (Å²) in [7, 11) is 0. The van der Waals surface area contributed by atoms with Gasteiger partial charge in [-0.2, -0.15) is 0 Å². The van der Waals surface area contributed by atoms with Crippen molar-refractivity contribution in [1.82, 2.24) is 5.32 Å². The van der Waals surface area contributed by atoms with Crippen LogP contribution >= 0.6 is 27.5 Å². The molecule has 0 fully saturated rings. The standard InChI is InChI=1S/C15H14BrClN2O/c1-10-6-7-11(8-13(10)17)9-18-15(20)19-14-5-3-2-4-12(14)16/h2-8H,9H2,1H3,(H2,18,19,20). The molecular weight excluding hydrogens is 340 g/mol. The third-order valence-corrected chi connectivity index (χ3v) is 3.91. The second kappa shape index (κ2) is 6.77. The van der Waals surface area contributed by atoms with E-state index in [2.05, 4.69) is 26.6 Å². The zero-order valence-electron chi connectivity index (χ0n) is 10.9. The van der Waals surface area contributed by atoms with Crippen LogP contribution < -0.4 is 10.6 Å². The van der Waals surface area contributed by atoms with Crippen molar-refractivity contribution in [3.63, 3.8) is 0 Å². The van der Waals surface area contributed by atoms with E-state index in [1.165, 1.54) is 0 Å². The highest BCUT2D eigenvalue weighted by Crippen LogP contribution is 2.21. The summed E-state index contributed by atoms with van der Waals surface area (Å²) in [5.74, 6) is 0. The first-order valence-corrected chi connectivity index (χ1v) is 7.28. The fourth-order valence-corrected chi connectivity index (χ4v) is 2.24. The second-order valence-electron chi connectivity index (χ2n) is 4.37. The summed E-state index contributed by atoms with van der Waals surface area (Å²) in [6.07, 6.45) is 0. The Balaban J connectivity index is 1.92. The highest BCUT2D eigenvalue weighted by molar-refractivity contribution is 9.10. The van der Waals surface area contributed by atoms with E-state index in [0.29, 0.717) is 11.6 Å². The molecule has 0 aliphatic carbocycles. The molecule has 2 aromatic carbocycles. The number of anilines is 1. The number of halogens is 2. The van der Waals surface area contributed by atoms with Crippen molar-refractivity contribution >= 4 is 39.2 Å². The van der Waals surface area contributed by atoms with Crippen molar-refractivity contribution in [2.24, 2.45) is 0 Å². The van der Waals surface area contributed by atoms with Crippen molar-refractivity contribution in [2.45, 2.75) is 13.5 Å². The molecule has 20 heavy (non-hydrogen) atoms. The summed E-state index contributed by atoms with van der Waals surface area (Å²) in [6.45, 7) is 2.37. The lowest BCUT2D eigenvalue weighted by atomic mass is 10.1. The van der Waals surface area contributed by atoms with Gasteiger partial charge in [0, 0.05) is 16.0 Å². The number of aryl methyl sites for hydroxylation is 1. The van der Waals surface area contributed by atoms with Gasteiger partial charge in [0.25, 0.3) is 0 Å². The highest BCUT2D eigenvalue weighted by Gasteiger charge is 2.05. The van der Waals surface area contributed by atoms with Gasteiger partial charge in [-0.3, -0.25) is 0 Å². The van der Waals surface area contributed by atoms with Gasteiger partial charge in [0.05, 0.1) is 5.69 Å². The fourth-order valence-electron chi connectivity index (χ4n) is 1.66. The van der Waals surface area contributed by atoms with E-state index in [-0.39, 0.29) is 6.03 Å². The molecule has 0 aromatic heterocycles. The van der Waals surface area contributed by atoms with Gasteiger partial charge < -0.3 is 10.6 Å². The average Bonchev–Trinajstić information content (AvgIpc) is 2.43. The minimum Gasteiger partial charge on any atom is -0.334 e. The van der Waals surface area contributed by atoms with Crippen LogP contribution in [0.3, 0.4) is 0 Å². The monoisotopic (exact) mass is 352 g/mol. The summed E-state index contributed by atoms with van der Waals surface area (Å²) in [6, 6.07) is 12.9. The predicted octanol–water partition coefficient (Wildman–Crippen LogP) is 4.73. The van der Waals surface area contributed by atoms with E-state index >= 15 is 0 Å². The minimum absolute atomic E-state index is 0.256. The van der Waals surface area contributed by atoms with Crippen LogP contribution in [-0.2, 0) is 6.54 Å². The molecule has 0 unspecified atom stereocenters. The highest BCUT2D eigenvalue weighted by atomic mass is 79.9. The number of carbonyl (C=O) groups excluding carboxylic acids is 1. The molecule has 104 valence electrons. The first-order valence-electron chi connectivity index (χ1n) is 6.10. The van der Waals surface area contributed by atoms with Crippen LogP contribution in [0, 0.1) is 6.92 Å². The van der Waals surface area contributed by atoms with Gasteiger partial charge in [0.2, 0.25) is 0 Å². The topological polar surface area (TPSA) is 41.1 Å². The lowest BCUT2D eigenvalue weighted by Crippen LogP contribution is -2.28. The molecule has 5 heteroatoms. The molecule has 0 saturated carbocycles. The molecule has 0 saturated heterocycles. The van der Waals surface area contributed by atoms with Crippen LogP contribution in [0.25, 0.3) is 0 Å². The van der Waals surface area contributed by atoms with Gasteiger partial charge in [-0.1, -0.05) is 35.9 Å². The molecule has 0 spiro atoms. The number of hydrogen-bond acceptors (Lipinski definition) is 1. The van der Waals surface area contributed by atoms with Crippen LogP contribution in [-0.4, -0.2) is 6.03 Å². The SMILES string of the molecule is Cc1ccc(CNC(=O)Nc2ccccc2Br)cc1Cl. The first kappa shape index (κ1) is 14.9. The van der Waals surface area contributed by atoms with Gasteiger partial charge >= 0.3 is 6.03 Å². The summed E-state index contributed by atoms with van der Waals surface area (Å²) in [5, 5.41) is 6.27. The summed E-state index contributed by atoms with van der Waals surface area (Å²) in [5.41, 5.74) is 2.71. The van der Waals surface area contributed by atoms with Gasteiger partial charge in [-0.25, -0.2) is 4.79 Å². The van der Waals surface area contributed by atoms with Crippen LogP contribution in [0.1, 0.15) is 11.1 Å². The smallest absolute Gasteiger partial charge is 0.319 e. The maximum atomic E-state index is 11.8. The number of urea groups is 1. The van der Waals surface area contributed by atoms with Gasteiger partial charge in [0.1, 0.15) is 0 Å². The molecule has 2 amide bonds. The fraction of sp³-hybridized carbons (Fsp3) is 0.133. The van der Waals surface area contributed by atoms with Crippen molar-refractivity contribution in [3.8, 4) is 0 Å². The van der Waals surface area contributed by atoms with Gasteiger partial charge in [0.15, 0.2) is 0 Å². The van der Waals surface area contributed by atoms with E-state index < -0.39 is 0 Å². The molecule has 0 aliphatic rings. The number of benzene rings is 2. The molecule has 0 bridgehead atoms. The molecule has 3 nitrogen and oxygen atoms in total. The molecular formula is C15H14BrClN2O. The van der Waals surface area contributed by atoms with E-state index in [0.717, 1.165) is 21.3 Å². The Morgan fingerprint density at radius 3 is 2.70 bits per heavy atom. The Hall–Kier alpha value is -1.52. The Kier molecular flexibility index (Phi) is 5.04. The third-order valence-electron chi connectivity index (χ3n) is 2.81. The number of nitrogens with one attached hydrogen (secondary N) is 2. The Morgan fingerprint density at radius 1 is 1.25 bits per heavy atom. The van der Waals surface area contributed by atoms with E-state index in [1.807, 2.05) is 49.4 Å². The van der Waals surface area contributed by atoms with E-state index in [1.54, 1.807) is 0 Å². The average molecular weight is 354 g/mol. The Labute approximate surface area is 131 Å². The Bertz CT molecular complexity index is 631. The quantitative estimate of drug-likeness (QED) is 0.822. The lowest BCUT2D eigenvalue weighted by molar-refractivity contribution is 0.251. The second-order valence-corrected chi connectivity index (χ2v) is 5.63. The van der Waals surface area contributed by atoms with Crippen LogP contribution in [0.5, 0.6) is 0 Å². The van der Waals surface area contributed by atoms with Gasteiger partial charge in [-0.05, 0) is 52.2 Å². The number of carbonyl (C=O) groups is 1. The van der Waals surface area contributed by atoms with Crippen molar-refractivity contribution < 1.29 is 4.79 Å². The number of amides is 2. The van der Waals surface area contributed by atoms with E-state index in [9.17, 15) is 4.79 Å². The summed E-state index contributed by atoms with van der Waals surface area (Å²) < 4.78 is 0.841. The Morgan fingerprint density at radius 2 is 2.00 bits per heavy atom. The van der Waals surface area contributed by atoms with E-state index in [4.69, 9.17) is 11.6 Å². The molecule has 0 heterocycles. The first-order chi connectivity index (χ1) is 9.56. The lowest BCUT2D eigenvalue weighted by Gasteiger charge is -2.09. The minimum atomic E-state index is -0.256. The number of hydrogen-bond donors (Lipinski definition) is 2. The van der Waals surface area contributed by atoms with Crippen molar-refractivity contribution in [3.05, 3.63) is 63.1 Å². The molecule has 0 atom stereocenters. The molecule has 2 N–H and O–H groups in total. The third kappa shape index (κ3) is 3.99. The largest absolute Gasteiger partial charge is 0.334 e. The maximum absolute atomic E-state index is 11.8. The zero-order valence-corrected chi connectivity index (χ0v) is 13.3.